The van der Waals surface area contributed by atoms with E-state index < -0.39 is 0 Å². The van der Waals surface area contributed by atoms with Gasteiger partial charge in [-0.05, 0) is 30.5 Å². The van der Waals surface area contributed by atoms with Crippen LogP contribution < -0.4 is 11.3 Å². The summed E-state index contributed by atoms with van der Waals surface area (Å²) < 4.78 is 1.89. The minimum atomic E-state index is 0.0281. The standard InChI is InChI=1S/C15H18N6/c1-21-11(7-8-19-21)5-6-13(20-16)12-3-2-4-14-15(12)18-10-9-17-14/h2-4,7-10,13,20H,5-6,16H2,1H3. The molecule has 0 aliphatic rings. The molecular formula is C15H18N6. The summed E-state index contributed by atoms with van der Waals surface area (Å²) >= 11 is 0. The number of benzene rings is 1. The van der Waals surface area contributed by atoms with Crippen LogP contribution >= 0.6 is 0 Å². The number of para-hydroxylation sites is 1. The van der Waals surface area contributed by atoms with Crippen LogP contribution in [0.5, 0.6) is 0 Å². The molecule has 2 heterocycles. The highest BCUT2D eigenvalue weighted by Crippen LogP contribution is 2.24. The molecule has 108 valence electrons. The summed E-state index contributed by atoms with van der Waals surface area (Å²) in [4.78, 5) is 8.77. The Bertz CT molecular complexity index is 730. The maximum atomic E-state index is 5.75. The third kappa shape index (κ3) is 2.76. The molecule has 3 aromatic rings. The second kappa shape index (κ2) is 5.99. The molecular weight excluding hydrogens is 264 g/mol. The van der Waals surface area contributed by atoms with Crippen LogP contribution in [0.4, 0.5) is 0 Å². The average molecular weight is 282 g/mol. The van der Waals surface area contributed by atoms with Crippen LogP contribution in [-0.2, 0) is 13.5 Å². The molecule has 0 fully saturated rings. The number of fused-ring (bicyclic) bond motifs is 1. The fraction of sp³-hybridized carbons (Fsp3) is 0.267. The molecule has 0 radical (unpaired) electrons. The number of nitrogens with zero attached hydrogens (tertiary/aromatic N) is 4. The highest BCUT2D eigenvalue weighted by atomic mass is 15.3. The number of aromatic nitrogens is 4. The summed E-state index contributed by atoms with van der Waals surface area (Å²) in [5.74, 6) is 5.75. The molecule has 6 heteroatoms. The summed E-state index contributed by atoms with van der Waals surface area (Å²) in [6.07, 6.45) is 6.98. The molecule has 0 amide bonds. The molecule has 0 spiro atoms. The second-order valence-electron chi connectivity index (χ2n) is 4.98. The highest BCUT2D eigenvalue weighted by Gasteiger charge is 2.14. The largest absolute Gasteiger partial charge is 0.273 e. The van der Waals surface area contributed by atoms with Gasteiger partial charge in [-0.25, -0.2) is 0 Å². The first-order valence-corrected chi connectivity index (χ1v) is 6.92. The van der Waals surface area contributed by atoms with Crippen molar-refractivity contribution in [1.82, 2.24) is 25.2 Å². The van der Waals surface area contributed by atoms with Gasteiger partial charge >= 0.3 is 0 Å². The van der Waals surface area contributed by atoms with Crippen molar-refractivity contribution in [3.05, 3.63) is 54.1 Å². The highest BCUT2D eigenvalue weighted by molar-refractivity contribution is 5.78. The number of hydrogen-bond acceptors (Lipinski definition) is 5. The minimum Gasteiger partial charge on any atom is -0.273 e. The Hall–Kier alpha value is -2.31. The third-order valence-corrected chi connectivity index (χ3v) is 3.72. The van der Waals surface area contributed by atoms with Crippen LogP contribution in [-0.4, -0.2) is 19.7 Å². The van der Waals surface area contributed by atoms with Crippen molar-refractivity contribution in [3.63, 3.8) is 0 Å². The van der Waals surface area contributed by atoms with E-state index in [2.05, 4.69) is 20.5 Å². The number of nitrogens with one attached hydrogen (secondary N) is 1. The number of nitrogens with two attached hydrogens (primary N) is 1. The first kappa shape index (κ1) is 13.7. The maximum absolute atomic E-state index is 5.75. The molecule has 0 aliphatic heterocycles. The first-order valence-electron chi connectivity index (χ1n) is 6.92. The van der Waals surface area contributed by atoms with E-state index in [0.717, 1.165) is 29.4 Å². The second-order valence-corrected chi connectivity index (χ2v) is 4.98. The summed E-state index contributed by atoms with van der Waals surface area (Å²) in [5, 5.41) is 4.19. The van der Waals surface area contributed by atoms with Crippen molar-refractivity contribution in [3.8, 4) is 0 Å². The zero-order valence-corrected chi connectivity index (χ0v) is 11.9. The fourth-order valence-electron chi connectivity index (χ4n) is 2.56. The molecule has 0 saturated heterocycles. The first-order chi connectivity index (χ1) is 10.3. The molecule has 3 rings (SSSR count). The molecule has 2 aromatic heterocycles. The zero-order valence-electron chi connectivity index (χ0n) is 11.9. The molecule has 1 atom stereocenters. The van der Waals surface area contributed by atoms with Crippen molar-refractivity contribution < 1.29 is 0 Å². The topological polar surface area (TPSA) is 81.7 Å². The van der Waals surface area contributed by atoms with E-state index >= 15 is 0 Å². The predicted octanol–water partition coefficient (Wildman–Crippen LogP) is 1.50. The normalized spacial score (nSPS) is 12.7. The lowest BCUT2D eigenvalue weighted by molar-refractivity contribution is 0.509. The quantitative estimate of drug-likeness (QED) is 0.547. The summed E-state index contributed by atoms with van der Waals surface area (Å²) in [5.41, 5.74) is 6.93. The molecule has 6 nitrogen and oxygen atoms in total. The van der Waals surface area contributed by atoms with Crippen LogP contribution in [0.2, 0.25) is 0 Å². The van der Waals surface area contributed by atoms with Crippen LogP contribution in [0.25, 0.3) is 11.0 Å². The minimum absolute atomic E-state index is 0.0281. The Morgan fingerprint density at radius 1 is 1.19 bits per heavy atom. The van der Waals surface area contributed by atoms with Crippen molar-refractivity contribution >= 4 is 11.0 Å². The van der Waals surface area contributed by atoms with Gasteiger partial charge in [0.15, 0.2) is 0 Å². The Kier molecular flexibility index (Phi) is 3.89. The number of aryl methyl sites for hydroxylation is 2. The Morgan fingerprint density at radius 2 is 2.05 bits per heavy atom. The SMILES string of the molecule is Cn1nccc1CCC(NN)c1cccc2nccnc12. The predicted molar refractivity (Wildman–Crippen MR) is 81.1 cm³/mol. The molecule has 21 heavy (non-hydrogen) atoms. The van der Waals surface area contributed by atoms with E-state index in [1.54, 1.807) is 12.4 Å². The van der Waals surface area contributed by atoms with Crippen molar-refractivity contribution in [1.29, 1.82) is 0 Å². The van der Waals surface area contributed by atoms with Gasteiger partial charge in [-0.3, -0.25) is 25.9 Å². The molecule has 0 saturated carbocycles. The monoisotopic (exact) mass is 282 g/mol. The van der Waals surface area contributed by atoms with Crippen molar-refractivity contribution in [2.24, 2.45) is 12.9 Å². The zero-order chi connectivity index (χ0) is 14.7. The fourth-order valence-corrected chi connectivity index (χ4v) is 2.56. The van der Waals surface area contributed by atoms with Gasteiger partial charge in [0.2, 0.25) is 0 Å². The van der Waals surface area contributed by atoms with Gasteiger partial charge in [0, 0.05) is 37.4 Å². The van der Waals surface area contributed by atoms with Crippen molar-refractivity contribution in [2.45, 2.75) is 18.9 Å². The Balaban J connectivity index is 1.86. The van der Waals surface area contributed by atoms with E-state index in [1.165, 1.54) is 5.69 Å². The Morgan fingerprint density at radius 3 is 2.81 bits per heavy atom. The van der Waals surface area contributed by atoms with E-state index in [1.807, 2.05) is 42.2 Å². The lowest BCUT2D eigenvalue weighted by atomic mass is 10.00. The van der Waals surface area contributed by atoms with Gasteiger partial charge in [-0.15, -0.1) is 0 Å². The smallest absolute Gasteiger partial charge is 0.0935 e. The molecule has 1 aromatic carbocycles. The van der Waals surface area contributed by atoms with Crippen LogP contribution in [0, 0.1) is 0 Å². The van der Waals surface area contributed by atoms with Gasteiger partial charge in [0.1, 0.15) is 0 Å². The van der Waals surface area contributed by atoms with Gasteiger partial charge < -0.3 is 0 Å². The lowest BCUT2D eigenvalue weighted by Gasteiger charge is -2.17. The van der Waals surface area contributed by atoms with Gasteiger partial charge in [0.25, 0.3) is 0 Å². The lowest BCUT2D eigenvalue weighted by Crippen LogP contribution is -2.29. The summed E-state index contributed by atoms with van der Waals surface area (Å²) in [7, 11) is 1.95. The van der Waals surface area contributed by atoms with Crippen molar-refractivity contribution in [2.75, 3.05) is 0 Å². The molecule has 3 N–H and O–H groups in total. The van der Waals surface area contributed by atoms with Gasteiger partial charge in [-0.1, -0.05) is 12.1 Å². The van der Waals surface area contributed by atoms with Gasteiger partial charge in [-0.2, -0.15) is 5.10 Å². The van der Waals surface area contributed by atoms with E-state index in [0.29, 0.717) is 0 Å². The molecule has 1 unspecified atom stereocenters. The summed E-state index contributed by atoms with van der Waals surface area (Å²) in [6, 6.07) is 8.04. The Labute approximate surface area is 123 Å². The number of rotatable bonds is 5. The maximum Gasteiger partial charge on any atom is 0.0935 e. The number of hydrogen-bond donors (Lipinski definition) is 2. The number of hydrazine groups is 1. The average Bonchev–Trinajstić information content (AvgIpc) is 2.93. The van der Waals surface area contributed by atoms with Crippen LogP contribution in [0.3, 0.4) is 0 Å². The van der Waals surface area contributed by atoms with E-state index in [9.17, 15) is 0 Å². The van der Waals surface area contributed by atoms with E-state index in [-0.39, 0.29) is 6.04 Å². The summed E-state index contributed by atoms with van der Waals surface area (Å²) in [6.45, 7) is 0. The van der Waals surface area contributed by atoms with Crippen LogP contribution in [0.15, 0.2) is 42.9 Å². The molecule has 0 aliphatic carbocycles. The third-order valence-electron chi connectivity index (χ3n) is 3.72. The molecule has 0 bridgehead atoms. The van der Waals surface area contributed by atoms with E-state index in [4.69, 9.17) is 5.84 Å². The van der Waals surface area contributed by atoms with Gasteiger partial charge in [0.05, 0.1) is 11.0 Å². The van der Waals surface area contributed by atoms with Crippen LogP contribution in [0.1, 0.15) is 23.7 Å².